The van der Waals surface area contributed by atoms with E-state index in [1.807, 2.05) is 40.2 Å². The standard InChI is InChI=1S/C31H30NO.C13H24O2.Ir/c1-20(2)15-23-10-8-12-26-27(19-33-30(23)26)22-13-14-32-29(18-22)24-16-21-9-6-7-11-25(21)28(17-24)31(3,4)5;1-5-10(6-2)12(14)9-13(15)11(7-3)8-4;/h6-14,17-20H,15H2,1-5H3;9-11,14H,5-8H2,1-4H3;/q-1;;/b;12-9-;. The molecule has 0 saturated heterocycles. The summed E-state index contributed by atoms with van der Waals surface area (Å²) in [5, 5.41) is 13.3. The van der Waals surface area contributed by atoms with Crippen LogP contribution in [-0.2, 0) is 36.7 Å². The number of aliphatic hydroxyl groups is 1. The number of rotatable bonds is 11. The zero-order valence-electron chi connectivity index (χ0n) is 30.8. The smallest absolute Gasteiger partial charge is 0.162 e. The maximum Gasteiger partial charge on any atom is 0.162 e. The third kappa shape index (κ3) is 9.80. The Morgan fingerprint density at radius 3 is 2.18 bits per heavy atom. The first-order valence-electron chi connectivity index (χ1n) is 17.8. The molecule has 0 aliphatic carbocycles. The van der Waals surface area contributed by atoms with E-state index < -0.39 is 0 Å². The molecule has 5 aromatic rings. The number of pyridine rings is 1. The van der Waals surface area contributed by atoms with Gasteiger partial charge in [-0.2, -0.15) is 0 Å². The second kappa shape index (κ2) is 17.9. The molecule has 0 saturated carbocycles. The van der Waals surface area contributed by atoms with Crippen molar-refractivity contribution in [3.63, 3.8) is 0 Å². The number of benzene rings is 3. The van der Waals surface area contributed by atoms with Crippen LogP contribution in [0.4, 0.5) is 0 Å². The molecule has 4 nitrogen and oxygen atoms in total. The average molecular weight is 837 g/mol. The minimum absolute atomic E-state index is 0. The quantitative estimate of drug-likeness (QED) is 0.0818. The Hall–Kier alpha value is -3.53. The summed E-state index contributed by atoms with van der Waals surface area (Å²) in [7, 11) is 0. The predicted octanol–water partition coefficient (Wildman–Crippen LogP) is 12.5. The molecule has 0 aliphatic heterocycles. The molecule has 0 fully saturated rings. The van der Waals surface area contributed by atoms with Gasteiger partial charge in [-0.1, -0.05) is 116 Å². The van der Waals surface area contributed by atoms with Crippen molar-refractivity contribution in [2.24, 2.45) is 17.8 Å². The van der Waals surface area contributed by atoms with Crippen molar-refractivity contribution >= 4 is 27.5 Å². The third-order valence-electron chi connectivity index (χ3n) is 9.32. The number of para-hydroxylation sites is 1. The molecular formula is C44H54IrNO3-. The molecule has 0 unspecified atom stereocenters. The number of hydrogen-bond donors (Lipinski definition) is 1. The number of hydrogen-bond acceptors (Lipinski definition) is 4. The van der Waals surface area contributed by atoms with Crippen molar-refractivity contribution in [1.29, 1.82) is 0 Å². The Balaban J connectivity index is 0.000000347. The fourth-order valence-corrected chi connectivity index (χ4v) is 6.46. The van der Waals surface area contributed by atoms with Crippen LogP contribution in [0.25, 0.3) is 44.1 Å². The monoisotopic (exact) mass is 837 g/mol. The summed E-state index contributed by atoms with van der Waals surface area (Å²) in [6, 6.07) is 25.0. The predicted molar refractivity (Wildman–Crippen MR) is 202 cm³/mol. The SMILES string of the molecule is CC(C)Cc1cccc2c(-c3ccnc(-c4[c-]c5ccccc5c(C(C)(C)C)c4)c3)coc12.CCC(CC)C(=O)/C=C(\O)C(CC)CC.[Ir]. The van der Waals surface area contributed by atoms with Gasteiger partial charge in [0.25, 0.3) is 0 Å². The van der Waals surface area contributed by atoms with Crippen molar-refractivity contribution in [1.82, 2.24) is 4.98 Å². The number of carbonyl (C=O) groups is 1. The van der Waals surface area contributed by atoms with Crippen LogP contribution in [0.5, 0.6) is 0 Å². The van der Waals surface area contributed by atoms with Gasteiger partial charge in [0.05, 0.1) is 12.0 Å². The van der Waals surface area contributed by atoms with Crippen molar-refractivity contribution in [2.45, 2.75) is 99.8 Å². The van der Waals surface area contributed by atoms with E-state index in [1.165, 1.54) is 22.6 Å². The molecule has 1 N–H and O–H groups in total. The largest absolute Gasteiger partial charge is 0.512 e. The summed E-state index contributed by atoms with van der Waals surface area (Å²) in [4.78, 5) is 16.4. The maximum atomic E-state index is 11.7. The van der Waals surface area contributed by atoms with Gasteiger partial charge < -0.3 is 9.52 Å². The summed E-state index contributed by atoms with van der Waals surface area (Å²) >= 11 is 0. The van der Waals surface area contributed by atoms with Crippen LogP contribution in [0.3, 0.4) is 0 Å². The second-order valence-electron chi connectivity index (χ2n) is 14.4. The van der Waals surface area contributed by atoms with Gasteiger partial charge in [0.2, 0.25) is 0 Å². The molecule has 5 heteroatoms. The van der Waals surface area contributed by atoms with Crippen LogP contribution < -0.4 is 0 Å². The first-order valence-corrected chi connectivity index (χ1v) is 17.8. The minimum Gasteiger partial charge on any atom is -0.512 e. The van der Waals surface area contributed by atoms with Crippen molar-refractivity contribution in [3.8, 4) is 22.4 Å². The molecular weight excluding hydrogens is 783 g/mol. The van der Waals surface area contributed by atoms with Gasteiger partial charge in [-0.15, -0.1) is 29.1 Å². The van der Waals surface area contributed by atoms with Gasteiger partial charge in [-0.05, 0) is 60.6 Å². The number of furan rings is 1. The van der Waals surface area contributed by atoms with Gasteiger partial charge in [0, 0.05) is 60.9 Å². The zero-order chi connectivity index (χ0) is 35.0. The summed E-state index contributed by atoms with van der Waals surface area (Å²) < 4.78 is 6.07. The Morgan fingerprint density at radius 2 is 1.55 bits per heavy atom. The van der Waals surface area contributed by atoms with Crippen LogP contribution in [0, 0.1) is 23.8 Å². The number of allylic oxidation sites excluding steroid dienone is 2. The second-order valence-corrected chi connectivity index (χ2v) is 14.4. The third-order valence-corrected chi connectivity index (χ3v) is 9.32. The fraction of sp³-hybridized carbons (Fsp3) is 0.409. The molecule has 0 spiro atoms. The minimum atomic E-state index is 0. The number of aromatic nitrogens is 1. The number of fused-ring (bicyclic) bond motifs is 2. The Labute approximate surface area is 307 Å². The van der Waals surface area contributed by atoms with E-state index in [9.17, 15) is 9.90 Å². The van der Waals surface area contributed by atoms with Crippen molar-refractivity contribution in [2.75, 3.05) is 0 Å². The van der Waals surface area contributed by atoms with Gasteiger partial charge in [-0.25, -0.2) is 0 Å². The molecule has 0 aliphatic rings. The van der Waals surface area contributed by atoms with Gasteiger partial charge in [-0.3, -0.25) is 9.78 Å². The summed E-state index contributed by atoms with van der Waals surface area (Å²) in [5.74, 6) is 1.13. The topological polar surface area (TPSA) is 63.3 Å². The van der Waals surface area contributed by atoms with Crippen LogP contribution in [0.2, 0.25) is 0 Å². The molecule has 3 aromatic carbocycles. The molecule has 49 heavy (non-hydrogen) atoms. The normalized spacial score (nSPS) is 12.0. The summed E-state index contributed by atoms with van der Waals surface area (Å²) in [6.07, 6.45) is 9.69. The molecule has 1 radical (unpaired) electrons. The van der Waals surface area contributed by atoms with E-state index in [0.717, 1.165) is 70.8 Å². The Bertz CT molecular complexity index is 1850. The summed E-state index contributed by atoms with van der Waals surface area (Å²) in [5.41, 5.74) is 7.76. The number of ketones is 1. The molecule has 263 valence electrons. The van der Waals surface area contributed by atoms with E-state index in [2.05, 4.69) is 101 Å². The van der Waals surface area contributed by atoms with E-state index >= 15 is 0 Å². The van der Waals surface area contributed by atoms with Crippen molar-refractivity contribution < 1.29 is 34.4 Å². The van der Waals surface area contributed by atoms with Gasteiger partial charge in [0.1, 0.15) is 5.58 Å². The Morgan fingerprint density at radius 1 is 0.898 bits per heavy atom. The molecule has 2 heterocycles. The molecule has 0 atom stereocenters. The fourth-order valence-electron chi connectivity index (χ4n) is 6.46. The van der Waals surface area contributed by atoms with E-state index in [1.54, 1.807) is 0 Å². The number of aliphatic hydroxyl groups excluding tert-OH is 1. The Kier molecular flexibility index (Phi) is 14.6. The summed E-state index contributed by atoms with van der Waals surface area (Å²) in [6.45, 7) is 19.3. The van der Waals surface area contributed by atoms with Gasteiger partial charge >= 0.3 is 0 Å². The number of nitrogens with zero attached hydrogens (tertiary/aromatic N) is 1. The first-order chi connectivity index (χ1) is 22.9. The average Bonchev–Trinajstić information content (AvgIpc) is 3.50. The van der Waals surface area contributed by atoms with Gasteiger partial charge in [0.15, 0.2) is 5.78 Å². The first kappa shape index (κ1) is 39.9. The molecule has 5 rings (SSSR count). The molecule has 2 aromatic heterocycles. The number of carbonyl (C=O) groups excluding carboxylic acids is 1. The van der Waals surface area contributed by atoms with Crippen LogP contribution in [0.15, 0.2) is 89.4 Å². The maximum absolute atomic E-state index is 11.7. The van der Waals surface area contributed by atoms with Crippen LogP contribution >= 0.6 is 0 Å². The van der Waals surface area contributed by atoms with Crippen LogP contribution in [0.1, 0.15) is 99.1 Å². The van der Waals surface area contributed by atoms with E-state index in [0.29, 0.717) is 5.92 Å². The van der Waals surface area contributed by atoms with Crippen molar-refractivity contribution in [3.05, 3.63) is 102 Å². The molecule has 0 amide bonds. The zero-order valence-corrected chi connectivity index (χ0v) is 33.2. The molecule has 0 bridgehead atoms. The van der Waals surface area contributed by atoms with E-state index in [-0.39, 0.29) is 48.9 Å². The van der Waals surface area contributed by atoms with Crippen LogP contribution in [-0.4, -0.2) is 15.9 Å². The van der Waals surface area contributed by atoms with E-state index in [4.69, 9.17) is 9.40 Å².